The largest absolute Gasteiger partial charge is 0.495 e. The van der Waals surface area contributed by atoms with E-state index in [1.165, 1.54) is 0 Å². The molecule has 0 bridgehead atoms. The van der Waals surface area contributed by atoms with Crippen LogP contribution in [0.1, 0.15) is 33.1 Å². The van der Waals surface area contributed by atoms with Crippen molar-refractivity contribution in [3.8, 4) is 5.75 Å². The highest BCUT2D eigenvalue weighted by Gasteiger charge is 2.15. The van der Waals surface area contributed by atoms with Gasteiger partial charge in [0.2, 0.25) is 5.91 Å². The molecule has 1 aromatic rings. The van der Waals surface area contributed by atoms with Crippen molar-refractivity contribution in [2.75, 3.05) is 12.4 Å². The van der Waals surface area contributed by atoms with Gasteiger partial charge in [-0.25, -0.2) is 0 Å². The van der Waals surface area contributed by atoms with Crippen LogP contribution in [0.2, 0.25) is 0 Å². The van der Waals surface area contributed by atoms with Gasteiger partial charge in [0, 0.05) is 22.5 Å². The number of rotatable bonds is 7. The van der Waals surface area contributed by atoms with Crippen molar-refractivity contribution >= 4 is 43.5 Å². The lowest BCUT2D eigenvalue weighted by atomic mass is 10.0. The maximum atomic E-state index is 12.2. The summed E-state index contributed by atoms with van der Waals surface area (Å²) in [4.78, 5) is 12.2. The third kappa shape index (κ3) is 5.96. The van der Waals surface area contributed by atoms with Crippen molar-refractivity contribution in [1.82, 2.24) is 0 Å². The molecule has 1 rings (SSSR count). The number of methoxy groups -OCH3 is 1. The van der Waals surface area contributed by atoms with E-state index >= 15 is 0 Å². The second-order valence-electron chi connectivity index (χ2n) is 5.27. The van der Waals surface area contributed by atoms with E-state index in [0.29, 0.717) is 11.4 Å². The molecule has 118 valence electrons. The lowest BCUT2D eigenvalue weighted by Gasteiger charge is -2.15. The fraction of sp³-hybridized carbons (Fsp3) is 0.533. The zero-order chi connectivity index (χ0) is 16.0. The van der Waals surface area contributed by atoms with Gasteiger partial charge in [-0.1, -0.05) is 13.3 Å². The molecule has 0 aliphatic rings. The number of hydrogen-bond donors (Lipinski definition) is 2. The first-order valence-corrected chi connectivity index (χ1v) is 8.53. The normalized spacial score (nSPS) is 13.6. The summed E-state index contributed by atoms with van der Waals surface area (Å²) in [5.74, 6) is 0.633. The minimum atomic E-state index is -0.0507. The molecular formula is C15H22Br2N2O2. The van der Waals surface area contributed by atoms with Crippen molar-refractivity contribution < 1.29 is 9.53 Å². The summed E-state index contributed by atoms with van der Waals surface area (Å²) in [6.07, 6.45) is 2.73. The second-order valence-corrected chi connectivity index (χ2v) is 6.97. The van der Waals surface area contributed by atoms with Crippen molar-refractivity contribution in [2.24, 2.45) is 11.7 Å². The number of hydrogen-bond acceptors (Lipinski definition) is 3. The number of anilines is 1. The van der Waals surface area contributed by atoms with E-state index in [1.54, 1.807) is 13.2 Å². The maximum absolute atomic E-state index is 12.2. The van der Waals surface area contributed by atoms with E-state index in [1.807, 2.05) is 19.9 Å². The molecule has 2 atom stereocenters. The van der Waals surface area contributed by atoms with E-state index in [9.17, 15) is 4.79 Å². The molecule has 0 radical (unpaired) electrons. The van der Waals surface area contributed by atoms with Crippen LogP contribution in [0.4, 0.5) is 5.69 Å². The predicted molar refractivity (Wildman–Crippen MR) is 93.7 cm³/mol. The van der Waals surface area contributed by atoms with Gasteiger partial charge in [0.05, 0.1) is 17.3 Å². The summed E-state index contributed by atoms with van der Waals surface area (Å²) in [5.41, 5.74) is 6.43. The van der Waals surface area contributed by atoms with Crippen molar-refractivity contribution in [3.63, 3.8) is 0 Å². The third-order valence-electron chi connectivity index (χ3n) is 3.24. The number of nitrogens with one attached hydrogen (secondary N) is 1. The first-order valence-electron chi connectivity index (χ1n) is 6.94. The summed E-state index contributed by atoms with van der Waals surface area (Å²) in [5, 5.41) is 2.93. The summed E-state index contributed by atoms with van der Waals surface area (Å²) >= 11 is 6.85. The fourth-order valence-corrected chi connectivity index (χ4v) is 3.17. The molecule has 0 saturated carbocycles. The molecule has 3 N–H and O–H groups in total. The Morgan fingerprint density at radius 3 is 2.52 bits per heavy atom. The molecule has 2 unspecified atom stereocenters. The molecule has 0 heterocycles. The second kappa shape index (κ2) is 8.76. The zero-order valence-corrected chi connectivity index (χ0v) is 15.8. The molecule has 1 amide bonds. The molecule has 4 nitrogen and oxygen atoms in total. The number of amides is 1. The maximum Gasteiger partial charge on any atom is 0.227 e. The van der Waals surface area contributed by atoms with Crippen LogP contribution < -0.4 is 15.8 Å². The Morgan fingerprint density at radius 1 is 1.29 bits per heavy atom. The van der Waals surface area contributed by atoms with Crippen molar-refractivity contribution in [3.05, 3.63) is 21.1 Å². The number of halogens is 2. The van der Waals surface area contributed by atoms with Crippen LogP contribution in [0.25, 0.3) is 0 Å². The molecule has 21 heavy (non-hydrogen) atoms. The topological polar surface area (TPSA) is 64.3 Å². The van der Waals surface area contributed by atoms with E-state index in [-0.39, 0.29) is 17.9 Å². The molecule has 1 aromatic carbocycles. The van der Waals surface area contributed by atoms with E-state index in [0.717, 1.165) is 28.2 Å². The fourth-order valence-electron chi connectivity index (χ4n) is 1.91. The van der Waals surface area contributed by atoms with Gasteiger partial charge in [0.1, 0.15) is 5.75 Å². The first-order chi connectivity index (χ1) is 9.85. The molecule has 0 saturated heterocycles. The lowest BCUT2D eigenvalue weighted by molar-refractivity contribution is -0.119. The number of benzene rings is 1. The molecule has 0 aliphatic carbocycles. The van der Waals surface area contributed by atoms with Crippen LogP contribution in [0.15, 0.2) is 21.1 Å². The Balaban J connectivity index is 2.65. The molecule has 0 fully saturated rings. The number of carbonyl (C=O) groups excluding carboxylic acids is 1. The Hall–Kier alpha value is -0.590. The van der Waals surface area contributed by atoms with Gasteiger partial charge >= 0.3 is 0 Å². The van der Waals surface area contributed by atoms with Crippen LogP contribution in [0, 0.1) is 5.92 Å². The summed E-state index contributed by atoms with van der Waals surface area (Å²) < 4.78 is 6.89. The summed E-state index contributed by atoms with van der Waals surface area (Å²) in [6, 6.07) is 3.83. The third-order valence-corrected chi connectivity index (χ3v) is 4.52. The quantitative estimate of drug-likeness (QED) is 0.689. The molecule has 0 aliphatic heterocycles. The smallest absolute Gasteiger partial charge is 0.227 e. The van der Waals surface area contributed by atoms with Gasteiger partial charge in [-0.05, 0) is 57.7 Å². The average Bonchev–Trinajstić information content (AvgIpc) is 2.41. The first kappa shape index (κ1) is 18.5. The van der Waals surface area contributed by atoms with Gasteiger partial charge in [0.15, 0.2) is 0 Å². The number of ether oxygens (including phenoxy) is 1. The Morgan fingerprint density at radius 2 is 1.95 bits per heavy atom. The summed E-state index contributed by atoms with van der Waals surface area (Å²) in [6.45, 7) is 3.91. The van der Waals surface area contributed by atoms with Crippen LogP contribution >= 0.6 is 31.9 Å². The minimum absolute atomic E-state index is 0.00440. The van der Waals surface area contributed by atoms with Gasteiger partial charge in [-0.3, -0.25) is 4.79 Å². The van der Waals surface area contributed by atoms with Crippen LogP contribution in [-0.4, -0.2) is 19.1 Å². The Labute approximate surface area is 143 Å². The van der Waals surface area contributed by atoms with Gasteiger partial charge in [-0.2, -0.15) is 0 Å². The standard InChI is InChI=1S/C15H22Br2N2O2/c1-9(5-4-6-10(2)18)15(20)19-13-8-14(21-3)12(17)7-11(13)16/h7-10H,4-6,18H2,1-3H3,(H,19,20). The van der Waals surface area contributed by atoms with Gasteiger partial charge in [0.25, 0.3) is 0 Å². The minimum Gasteiger partial charge on any atom is -0.495 e. The Kier molecular flexibility index (Phi) is 7.70. The molecule has 0 spiro atoms. The highest BCUT2D eigenvalue weighted by molar-refractivity contribution is 9.11. The molecular weight excluding hydrogens is 400 g/mol. The number of carbonyl (C=O) groups is 1. The van der Waals surface area contributed by atoms with Crippen LogP contribution in [-0.2, 0) is 4.79 Å². The average molecular weight is 422 g/mol. The van der Waals surface area contributed by atoms with Crippen LogP contribution in [0.3, 0.4) is 0 Å². The predicted octanol–water partition coefficient (Wildman–Crippen LogP) is 4.31. The summed E-state index contributed by atoms with van der Waals surface area (Å²) in [7, 11) is 1.59. The lowest BCUT2D eigenvalue weighted by Crippen LogP contribution is -2.21. The van der Waals surface area contributed by atoms with Crippen LogP contribution in [0.5, 0.6) is 5.75 Å². The van der Waals surface area contributed by atoms with Gasteiger partial charge < -0.3 is 15.8 Å². The van der Waals surface area contributed by atoms with Crippen molar-refractivity contribution in [2.45, 2.75) is 39.2 Å². The van der Waals surface area contributed by atoms with Crippen molar-refractivity contribution in [1.29, 1.82) is 0 Å². The van der Waals surface area contributed by atoms with E-state index in [4.69, 9.17) is 10.5 Å². The van der Waals surface area contributed by atoms with E-state index < -0.39 is 0 Å². The molecule has 6 heteroatoms. The van der Waals surface area contributed by atoms with Gasteiger partial charge in [-0.15, -0.1) is 0 Å². The van der Waals surface area contributed by atoms with E-state index in [2.05, 4.69) is 37.2 Å². The monoisotopic (exact) mass is 420 g/mol. The molecule has 0 aromatic heterocycles. The SMILES string of the molecule is COc1cc(NC(=O)C(C)CCCC(C)N)c(Br)cc1Br. The zero-order valence-electron chi connectivity index (χ0n) is 12.6. The number of nitrogens with two attached hydrogens (primary N) is 1. The Bertz CT molecular complexity index is 493. The highest BCUT2D eigenvalue weighted by atomic mass is 79.9. The highest BCUT2D eigenvalue weighted by Crippen LogP contribution is 2.34.